The second-order valence-electron chi connectivity index (χ2n) is 6.58. The van der Waals surface area contributed by atoms with Crippen LogP contribution in [0.1, 0.15) is 35.8 Å². The van der Waals surface area contributed by atoms with Gasteiger partial charge in [0.1, 0.15) is 6.04 Å². The molecule has 2 aromatic rings. The van der Waals surface area contributed by atoms with Gasteiger partial charge in [0, 0.05) is 30.9 Å². The lowest BCUT2D eigenvalue weighted by molar-refractivity contribution is -0.118. The topological polar surface area (TPSA) is 73.1 Å². The van der Waals surface area contributed by atoms with Gasteiger partial charge < -0.3 is 15.6 Å². The Morgan fingerprint density at radius 2 is 2.21 bits per heavy atom. The lowest BCUT2D eigenvalue weighted by atomic mass is 10.0. The Bertz CT molecular complexity index is 720. The lowest BCUT2D eigenvalue weighted by Crippen LogP contribution is -2.38. The number of carbonyl (C=O) groups excluding carboxylic acids is 1. The van der Waals surface area contributed by atoms with Crippen molar-refractivity contribution in [2.45, 2.75) is 31.8 Å². The molecule has 2 aliphatic rings. The minimum Gasteiger partial charge on any atom is -0.348 e. The van der Waals surface area contributed by atoms with Gasteiger partial charge in [0.25, 0.3) is 0 Å². The van der Waals surface area contributed by atoms with Crippen molar-refractivity contribution in [2.75, 3.05) is 25.0 Å². The predicted octanol–water partition coefficient (Wildman–Crippen LogP) is 1.83. The number of fused-ring (bicyclic) bond motifs is 1. The first kappa shape index (κ1) is 15.4. The van der Waals surface area contributed by atoms with Gasteiger partial charge in [-0.05, 0) is 43.6 Å². The summed E-state index contributed by atoms with van der Waals surface area (Å²) >= 11 is 0. The van der Waals surface area contributed by atoms with Gasteiger partial charge in [-0.25, -0.2) is 4.98 Å². The number of amides is 1. The molecule has 3 N–H and O–H groups in total. The quantitative estimate of drug-likeness (QED) is 0.802. The van der Waals surface area contributed by atoms with Crippen molar-refractivity contribution in [1.82, 2.24) is 20.2 Å². The number of imidazole rings is 1. The highest BCUT2D eigenvalue weighted by atomic mass is 16.2. The molecule has 1 amide bonds. The second-order valence-corrected chi connectivity index (χ2v) is 6.58. The third kappa shape index (κ3) is 3.20. The maximum atomic E-state index is 12.6. The van der Waals surface area contributed by atoms with Gasteiger partial charge in [-0.2, -0.15) is 0 Å². The summed E-state index contributed by atoms with van der Waals surface area (Å²) in [5, 5.41) is 6.29. The van der Waals surface area contributed by atoms with Crippen LogP contribution in [-0.4, -0.2) is 40.4 Å². The first-order valence-corrected chi connectivity index (χ1v) is 8.67. The van der Waals surface area contributed by atoms with Gasteiger partial charge in [-0.15, -0.1) is 0 Å². The number of hydrogen-bond donors (Lipinski definition) is 3. The van der Waals surface area contributed by atoms with Crippen LogP contribution in [0, 0.1) is 0 Å². The van der Waals surface area contributed by atoms with Crippen LogP contribution < -0.4 is 10.6 Å². The van der Waals surface area contributed by atoms with Crippen molar-refractivity contribution < 1.29 is 4.79 Å². The van der Waals surface area contributed by atoms with E-state index in [9.17, 15) is 4.79 Å². The standard InChI is InChI=1S/C18H23N5O/c24-18(17-16-15(6-7-19-17)20-12-21-16)22-14-5-3-4-13(10-14)11-23-8-1-2-9-23/h3-5,10,12,17,19H,1-2,6-9,11H2,(H,20,21)(H,22,24). The molecule has 1 aromatic heterocycles. The highest BCUT2D eigenvalue weighted by Gasteiger charge is 2.28. The van der Waals surface area contributed by atoms with Crippen LogP contribution in [0.5, 0.6) is 0 Å². The second kappa shape index (κ2) is 6.75. The van der Waals surface area contributed by atoms with Crippen molar-refractivity contribution in [3.05, 3.63) is 47.5 Å². The Hall–Kier alpha value is -2.18. The van der Waals surface area contributed by atoms with Crippen molar-refractivity contribution >= 4 is 11.6 Å². The van der Waals surface area contributed by atoms with E-state index in [4.69, 9.17) is 0 Å². The summed E-state index contributed by atoms with van der Waals surface area (Å²) in [7, 11) is 0. The third-order valence-corrected chi connectivity index (χ3v) is 4.81. The SMILES string of the molecule is O=C(Nc1cccc(CN2CCCC2)c1)C1NCCc2[nH]cnc21. The molecule has 6 nitrogen and oxygen atoms in total. The van der Waals surface area contributed by atoms with Crippen molar-refractivity contribution in [3.8, 4) is 0 Å². The fourth-order valence-electron chi connectivity index (χ4n) is 3.60. The smallest absolute Gasteiger partial charge is 0.247 e. The van der Waals surface area contributed by atoms with E-state index in [1.165, 1.54) is 31.5 Å². The van der Waals surface area contributed by atoms with Crippen molar-refractivity contribution in [1.29, 1.82) is 0 Å². The molecular formula is C18H23N5O. The maximum absolute atomic E-state index is 12.6. The van der Waals surface area contributed by atoms with E-state index >= 15 is 0 Å². The van der Waals surface area contributed by atoms with Crippen LogP contribution in [0.15, 0.2) is 30.6 Å². The Morgan fingerprint density at radius 1 is 1.33 bits per heavy atom. The molecule has 1 fully saturated rings. The Kier molecular flexibility index (Phi) is 4.32. The molecule has 2 aliphatic heterocycles. The Morgan fingerprint density at radius 3 is 3.08 bits per heavy atom. The molecule has 1 unspecified atom stereocenters. The molecule has 6 heteroatoms. The highest BCUT2D eigenvalue weighted by Crippen LogP contribution is 2.22. The molecule has 1 atom stereocenters. The molecule has 0 spiro atoms. The molecule has 1 aromatic carbocycles. The minimum atomic E-state index is -0.387. The van der Waals surface area contributed by atoms with E-state index in [1.54, 1.807) is 6.33 Å². The molecule has 3 heterocycles. The number of nitrogens with zero attached hydrogens (tertiary/aromatic N) is 2. The van der Waals surface area contributed by atoms with Crippen LogP contribution in [0.3, 0.4) is 0 Å². The number of hydrogen-bond acceptors (Lipinski definition) is 4. The fourth-order valence-corrected chi connectivity index (χ4v) is 3.60. The molecule has 0 saturated carbocycles. The van der Waals surface area contributed by atoms with Gasteiger partial charge >= 0.3 is 0 Å². The van der Waals surface area contributed by atoms with E-state index in [1.807, 2.05) is 12.1 Å². The zero-order chi connectivity index (χ0) is 16.4. The summed E-state index contributed by atoms with van der Waals surface area (Å²) in [6.45, 7) is 4.08. The molecule has 1 saturated heterocycles. The van der Waals surface area contributed by atoms with Crippen molar-refractivity contribution in [3.63, 3.8) is 0 Å². The summed E-state index contributed by atoms with van der Waals surface area (Å²) < 4.78 is 0. The van der Waals surface area contributed by atoms with Crippen LogP contribution in [-0.2, 0) is 17.8 Å². The average molecular weight is 325 g/mol. The zero-order valence-corrected chi connectivity index (χ0v) is 13.7. The van der Waals surface area contributed by atoms with Crippen LogP contribution in [0.4, 0.5) is 5.69 Å². The highest BCUT2D eigenvalue weighted by molar-refractivity contribution is 5.95. The van der Waals surface area contributed by atoms with E-state index in [2.05, 4.69) is 37.6 Å². The Labute approximate surface area is 141 Å². The monoisotopic (exact) mass is 325 g/mol. The number of aromatic nitrogens is 2. The summed E-state index contributed by atoms with van der Waals surface area (Å²) in [5.41, 5.74) is 3.96. The molecule has 0 radical (unpaired) electrons. The largest absolute Gasteiger partial charge is 0.348 e. The third-order valence-electron chi connectivity index (χ3n) is 4.81. The maximum Gasteiger partial charge on any atom is 0.247 e. The molecular weight excluding hydrogens is 302 g/mol. The number of likely N-dealkylation sites (tertiary alicyclic amines) is 1. The average Bonchev–Trinajstić information content (AvgIpc) is 3.25. The first-order valence-electron chi connectivity index (χ1n) is 8.67. The number of H-pyrrole nitrogens is 1. The predicted molar refractivity (Wildman–Crippen MR) is 92.6 cm³/mol. The molecule has 0 aliphatic carbocycles. The van der Waals surface area contributed by atoms with Gasteiger partial charge in [0.05, 0.1) is 12.0 Å². The number of nitrogens with one attached hydrogen (secondary N) is 3. The number of aromatic amines is 1. The molecule has 126 valence electrons. The van der Waals surface area contributed by atoms with Crippen molar-refractivity contribution in [2.24, 2.45) is 0 Å². The van der Waals surface area contributed by atoms with Crippen LogP contribution in [0.25, 0.3) is 0 Å². The van der Waals surface area contributed by atoms with Gasteiger partial charge in [0.15, 0.2) is 0 Å². The molecule has 24 heavy (non-hydrogen) atoms. The number of benzene rings is 1. The van der Waals surface area contributed by atoms with Crippen LogP contribution >= 0.6 is 0 Å². The zero-order valence-electron chi connectivity index (χ0n) is 13.7. The van der Waals surface area contributed by atoms with E-state index < -0.39 is 0 Å². The number of rotatable bonds is 4. The number of anilines is 1. The van der Waals surface area contributed by atoms with Gasteiger partial charge in [-0.3, -0.25) is 9.69 Å². The van der Waals surface area contributed by atoms with Gasteiger partial charge in [-0.1, -0.05) is 12.1 Å². The number of carbonyl (C=O) groups is 1. The Balaban J connectivity index is 1.44. The minimum absolute atomic E-state index is 0.0543. The lowest BCUT2D eigenvalue weighted by Gasteiger charge is -2.22. The van der Waals surface area contributed by atoms with Gasteiger partial charge in [0.2, 0.25) is 5.91 Å². The summed E-state index contributed by atoms with van der Waals surface area (Å²) in [4.78, 5) is 22.5. The van der Waals surface area contributed by atoms with E-state index in [0.717, 1.165) is 36.6 Å². The van der Waals surface area contributed by atoms with Crippen LogP contribution in [0.2, 0.25) is 0 Å². The molecule has 0 bridgehead atoms. The first-order chi connectivity index (χ1) is 11.8. The fraction of sp³-hybridized carbons (Fsp3) is 0.444. The summed E-state index contributed by atoms with van der Waals surface area (Å²) in [6.07, 6.45) is 5.12. The normalized spacial score (nSPS) is 20.8. The van der Waals surface area contributed by atoms with E-state index in [0.29, 0.717) is 0 Å². The summed E-state index contributed by atoms with van der Waals surface area (Å²) in [5.74, 6) is -0.0543. The van der Waals surface area contributed by atoms with E-state index in [-0.39, 0.29) is 11.9 Å². The summed E-state index contributed by atoms with van der Waals surface area (Å²) in [6, 6.07) is 7.76. The molecule has 4 rings (SSSR count).